The van der Waals surface area contributed by atoms with E-state index in [1.807, 2.05) is 6.07 Å². The Morgan fingerprint density at radius 3 is 2.77 bits per heavy atom. The molecule has 0 radical (unpaired) electrons. The highest BCUT2D eigenvalue weighted by Gasteiger charge is 2.34. The quantitative estimate of drug-likeness (QED) is 0.551. The van der Waals surface area contributed by atoms with Crippen LogP contribution in [0.4, 0.5) is 11.4 Å². The number of nitrogens with one attached hydrogen (secondary N) is 2. The van der Waals surface area contributed by atoms with Crippen molar-refractivity contribution in [3.05, 3.63) is 48.0 Å². The maximum Gasteiger partial charge on any atom is 0.122 e. The van der Waals surface area contributed by atoms with Crippen molar-refractivity contribution < 1.29 is 0 Å². The molecule has 0 spiro atoms. The van der Waals surface area contributed by atoms with Gasteiger partial charge in [-0.3, -0.25) is 5.41 Å². The molecule has 0 bridgehead atoms. The van der Waals surface area contributed by atoms with E-state index in [4.69, 9.17) is 11.1 Å². The van der Waals surface area contributed by atoms with E-state index in [-0.39, 0.29) is 11.4 Å². The van der Waals surface area contributed by atoms with E-state index in [0.29, 0.717) is 6.04 Å². The lowest BCUT2D eigenvalue weighted by atomic mass is 9.91. The smallest absolute Gasteiger partial charge is 0.122 e. The molecule has 2 unspecified atom stereocenters. The van der Waals surface area contributed by atoms with E-state index >= 15 is 0 Å². The van der Waals surface area contributed by atoms with E-state index < -0.39 is 0 Å². The van der Waals surface area contributed by atoms with Crippen molar-refractivity contribution in [3.63, 3.8) is 0 Å². The van der Waals surface area contributed by atoms with Gasteiger partial charge in [0, 0.05) is 26.9 Å². The predicted molar refractivity (Wildman–Crippen MR) is 110 cm³/mol. The van der Waals surface area contributed by atoms with E-state index in [1.165, 1.54) is 28.3 Å². The summed E-state index contributed by atoms with van der Waals surface area (Å²) in [5.74, 6) is 0.119. The summed E-state index contributed by atoms with van der Waals surface area (Å²) in [6.45, 7) is 5.76. The van der Waals surface area contributed by atoms with Crippen LogP contribution in [0.3, 0.4) is 0 Å². The Kier molecular flexibility index (Phi) is 4.45. The van der Waals surface area contributed by atoms with E-state index in [0.717, 1.165) is 24.2 Å². The molecular formula is C21H26N4S. The molecule has 2 aliphatic heterocycles. The van der Waals surface area contributed by atoms with Gasteiger partial charge in [0.1, 0.15) is 5.84 Å². The van der Waals surface area contributed by atoms with Crippen LogP contribution >= 0.6 is 11.8 Å². The van der Waals surface area contributed by atoms with Crippen LogP contribution in [0.25, 0.3) is 0 Å². The van der Waals surface area contributed by atoms with Crippen LogP contribution in [0.15, 0.2) is 52.3 Å². The van der Waals surface area contributed by atoms with Gasteiger partial charge < -0.3 is 16.0 Å². The Balaban J connectivity index is 1.76. The minimum absolute atomic E-state index is 0.119. The topological polar surface area (TPSA) is 65.1 Å². The first-order valence-electron chi connectivity index (χ1n) is 9.26. The Hall–Kier alpha value is -1.98. The van der Waals surface area contributed by atoms with Crippen LogP contribution in [0, 0.1) is 5.41 Å². The number of nitrogens with zero attached hydrogens (tertiary/aromatic N) is 1. The standard InChI is InChI=1S/C21H26N4S/c1-14(13-21(2)10-5-11-24-21)25-16-6-3-4-7-18(16)26-19-9-8-15(20(22)23)12-17(19)25/h3-4,6-9,12,14,24H,5,10-11,13H2,1-2H3,(H3,22,23). The lowest BCUT2D eigenvalue weighted by molar-refractivity contribution is 0.356. The molecule has 2 atom stereocenters. The van der Waals surface area contributed by atoms with Crippen LogP contribution in [-0.2, 0) is 0 Å². The van der Waals surface area contributed by atoms with Gasteiger partial charge in [-0.05, 0) is 63.9 Å². The first-order chi connectivity index (χ1) is 12.5. The number of amidine groups is 1. The Morgan fingerprint density at radius 1 is 1.27 bits per heavy atom. The Morgan fingerprint density at radius 2 is 2.04 bits per heavy atom. The normalized spacial score (nSPS) is 22.6. The summed E-state index contributed by atoms with van der Waals surface area (Å²) in [6, 6.07) is 15.1. The van der Waals surface area contributed by atoms with Gasteiger partial charge in [0.25, 0.3) is 0 Å². The summed E-state index contributed by atoms with van der Waals surface area (Å²) in [7, 11) is 0. The van der Waals surface area contributed by atoms with Gasteiger partial charge in [-0.25, -0.2) is 0 Å². The van der Waals surface area contributed by atoms with Gasteiger partial charge in [-0.1, -0.05) is 30.0 Å². The zero-order chi connectivity index (χ0) is 18.3. The third-order valence-electron chi connectivity index (χ3n) is 5.52. The van der Waals surface area contributed by atoms with Gasteiger partial charge in [-0.15, -0.1) is 0 Å². The summed E-state index contributed by atoms with van der Waals surface area (Å²) in [4.78, 5) is 4.95. The highest BCUT2D eigenvalue weighted by Crippen LogP contribution is 2.50. The lowest BCUT2D eigenvalue weighted by Crippen LogP contribution is -2.43. The van der Waals surface area contributed by atoms with E-state index in [9.17, 15) is 0 Å². The second-order valence-electron chi connectivity index (χ2n) is 7.68. The van der Waals surface area contributed by atoms with Gasteiger partial charge in [0.05, 0.1) is 11.4 Å². The number of hydrogen-bond acceptors (Lipinski definition) is 4. The molecule has 4 N–H and O–H groups in total. The van der Waals surface area contributed by atoms with Crippen LogP contribution < -0.4 is 16.0 Å². The summed E-state index contributed by atoms with van der Waals surface area (Å²) >= 11 is 1.80. The molecule has 0 saturated carbocycles. The molecule has 2 aromatic rings. The maximum absolute atomic E-state index is 7.83. The molecule has 4 rings (SSSR count). The van der Waals surface area contributed by atoms with Crippen molar-refractivity contribution in [1.82, 2.24) is 5.32 Å². The summed E-state index contributed by atoms with van der Waals surface area (Å²) in [5.41, 5.74) is 9.15. The highest BCUT2D eigenvalue weighted by atomic mass is 32.2. The average molecular weight is 367 g/mol. The largest absolute Gasteiger partial charge is 0.384 e. The molecule has 5 heteroatoms. The first kappa shape index (κ1) is 17.4. The third kappa shape index (κ3) is 3.10. The van der Waals surface area contributed by atoms with Crippen LogP contribution in [-0.4, -0.2) is 24.0 Å². The molecule has 0 amide bonds. The molecule has 0 aliphatic carbocycles. The van der Waals surface area contributed by atoms with Crippen molar-refractivity contribution >= 4 is 29.0 Å². The molecule has 2 heterocycles. The van der Waals surface area contributed by atoms with Crippen molar-refractivity contribution in [1.29, 1.82) is 5.41 Å². The molecule has 1 saturated heterocycles. The molecule has 2 aromatic carbocycles. The predicted octanol–water partition coefficient (Wildman–Crippen LogP) is 4.49. The monoisotopic (exact) mass is 366 g/mol. The second-order valence-corrected chi connectivity index (χ2v) is 8.76. The van der Waals surface area contributed by atoms with Gasteiger partial charge in [-0.2, -0.15) is 0 Å². The fourth-order valence-corrected chi connectivity index (χ4v) is 5.35. The zero-order valence-electron chi connectivity index (χ0n) is 15.4. The third-order valence-corrected chi connectivity index (χ3v) is 6.65. The summed E-state index contributed by atoms with van der Waals surface area (Å²) < 4.78 is 0. The number of fused-ring (bicyclic) bond motifs is 2. The Labute approximate surface area is 159 Å². The van der Waals surface area contributed by atoms with Crippen molar-refractivity contribution in [2.24, 2.45) is 5.73 Å². The first-order valence-corrected chi connectivity index (χ1v) is 10.1. The number of para-hydroxylation sites is 1. The summed E-state index contributed by atoms with van der Waals surface area (Å²) in [6.07, 6.45) is 3.55. The molecule has 1 fully saturated rings. The average Bonchev–Trinajstić information content (AvgIpc) is 3.04. The Bertz CT molecular complexity index is 842. The maximum atomic E-state index is 7.83. The minimum Gasteiger partial charge on any atom is -0.384 e. The molecule has 26 heavy (non-hydrogen) atoms. The van der Waals surface area contributed by atoms with Crippen LogP contribution in [0.2, 0.25) is 0 Å². The summed E-state index contributed by atoms with van der Waals surface area (Å²) in [5, 5.41) is 11.5. The molecule has 0 aromatic heterocycles. The molecule has 2 aliphatic rings. The fourth-order valence-electron chi connectivity index (χ4n) is 4.30. The fraction of sp³-hybridized carbons (Fsp3) is 0.381. The van der Waals surface area contributed by atoms with Crippen LogP contribution in [0.5, 0.6) is 0 Å². The number of rotatable bonds is 4. The number of anilines is 2. The van der Waals surface area contributed by atoms with Gasteiger partial charge in [0.15, 0.2) is 0 Å². The number of benzene rings is 2. The highest BCUT2D eigenvalue weighted by molar-refractivity contribution is 7.99. The van der Waals surface area contributed by atoms with Crippen LogP contribution in [0.1, 0.15) is 38.7 Å². The van der Waals surface area contributed by atoms with Crippen molar-refractivity contribution in [3.8, 4) is 0 Å². The van der Waals surface area contributed by atoms with Crippen molar-refractivity contribution in [2.45, 2.75) is 54.5 Å². The van der Waals surface area contributed by atoms with E-state index in [1.54, 1.807) is 11.8 Å². The second kappa shape index (κ2) is 6.63. The molecule has 4 nitrogen and oxygen atoms in total. The molecule has 136 valence electrons. The molecular weight excluding hydrogens is 340 g/mol. The van der Waals surface area contributed by atoms with Crippen molar-refractivity contribution in [2.75, 3.05) is 11.4 Å². The minimum atomic E-state index is 0.119. The lowest BCUT2D eigenvalue weighted by Gasteiger charge is -2.40. The number of hydrogen-bond donors (Lipinski definition) is 3. The van der Waals surface area contributed by atoms with Gasteiger partial charge in [0.2, 0.25) is 0 Å². The van der Waals surface area contributed by atoms with E-state index in [2.05, 4.69) is 60.5 Å². The SMILES string of the molecule is CC(CC1(C)CCCN1)N1c2ccccc2Sc2ccc(C(=N)N)cc21. The number of nitrogens with two attached hydrogens (primary N) is 1. The number of nitrogen functional groups attached to an aromatic ring is 1. The van der Waals surface area contributed by atoms with Gasteiger partial charge >= 0.3 is 0 Å². The zero-order valence-corrected chi connectivity index (χ0v) is 16.2.